The zero-order valence-electron chi connectivity index (χ0n) is 11.6. The molecule has 0 heterocycles. The van der Waals surface area contributed by atoms with Gasteiger partial charge in [-0.15, -0.1) is 11.6 Å². The summed E-state index contributed by atoms with van der Waals surface area (Å²) < 4.78 is 0. The molecule has 0 spiro atoms. The van der Waals surface area contributed by atoms with Crippen molar-refractivity contribution < 1.29 is 0 Å². The van der Waals surface area contributed by atoms with Gasteiger partial charge in [0.2, 0.25) is 0 Å². The van der Waals surface area contributed by atoms with Crippen LogP contribution in [0.1, 0.15) is 73.9 Å². The maximum absolute atomic E-state index is 6.53. The van der Waals surface area contributed by atoms with Crippen LogP contribution in [0, 0.1) is 0 Å². The Bertz CT molecular complexity index is 370. The highest BCUT2D eigenvalue weighted by Crippen LogP contribution is 2.30. The first-order valence-electron chi connectivity index (χ1n) is 7.57. The minimum Gasteiger partial charge on any atom is -0.118 e. The number of fused-ring (bicyclic) bond motifs is 1. The second kappa shape index (κ2) is 7.19. The molecule has 0 saturated heterocycles. The van der Waals surface area contributed by atoms with Gasteiger partial charge < -0.3 is 0 Å². The normalized spacial score (nSPS) is 16.3. The average Bonchev–Trinajstić information content (AvgIpc) is 2.43. The minimum absolute atomic E-state index is 0.217. The van der Waals surface area contributed by atoms with Crippen molar-refractivity contribution in [2.75, 3.05) is 0 Å². The van der Waals surface area contributed by atoms with Crippen LogP contribution in [-0.4, -0.2) is 0 Å². The number of hydrogen-bond donors (Lipinski definition) is 0. The van der Waals surface area contributed by atoms with Gasteiger partial charge in [0.05, 0.1) is 5.38 Å². The van der Waals surface area contributed by atoms with Crippen LogP contribution < -0.4 is 0 Å². The summed E-state index contributed by atoms with van der Waals surface area (Å²) in [5.41, 5.74) is 4.45. The van der Waals surface area contributed by atoms with E-state index in [0.717, 1.165) is 6.42 Å². The number of alkyl halides is 1. The first-order chi connectivity index (χ1) is 8.81. The molecule has 0 nitrogen and oxygen atoms in total. The summed E-state index contributed by atoms with van der Waals surface area (Å²) in [7, 11) is 0. The lowest BCUT2D eigenvalue weighted by atomic mass is 9.89. The van der Waals surface area contributed by atoms with Crippen LogP contribution in [0.2, 0.25) is 0 Å². The molecule has 18 heavy (non-hydrogen) atoms. The van der Waals surface area contributed by atoms with E-state index in [0.29, 0.717) is 0 Å². The molecular weight excluding hydrogens is 240 g/mol. The molecule has 0 aliphatic heterocycles. The fourth-order valence-electron chi connectivity index (χ4n) is 2.87. The Morgan fingerprint density at radius 2 is 1.83 bits per heavy atom. The molecule has 1 atom stereocenters. The van der Waals surface area contributed by atoms with Crippen molar-refractivity contribution in [1.82, 2.24) is 0 Å². The Morgan fingerprint density at radius 3 is 2.61 bits per heavy atom. The van der Waals surface area contributed by atoms with Crippen LogP contribution in [0.15, 0.2) is 18.2 Å². The highest BCUT2D eigenvalue weighted by molar-refractivity contribution is 6.20. The zero-order chi connectivity index (χ0) is 12.8. The monoisotopic (exact) mass is 264 g/mol. The van der Waals surface area contributed by atoms with Gasteiger partial charge >= 0.3 is 0 Å². The van der Waals surface area contributed by atoms with E-state index in [9.17, 15) is 0 Å². The van der Waals surface area contributed by atoms with E-state index in [2.05, 4.69) is 25.1 Å². The van der Waals surface area contributed by atoms with E-state index in [4.69, 9.17) is 11.6 Å². The third kappa shape index (κ3) is 3.75. The van der Waals surface area contributed by atoms with Gasteiger partial charge in [-0.1, -0.05) is 50.8 Å². The second-order valence-electron chi connectivity index (χ2n) is 5.55. The molecule has 0 N–H and O–H groups in total. The van der Waals surface area contributed by atoms with Crippen LogP contribution in [0.3, 0.4) is 0 Å². The lowest BCUT2D eigenvalue weighted by molar-refractivity contribution is 0.622. The molecule has 0 fully saturated rings. The van der Waals surface area contributed by atoms with Crippen molar-refractivity contribution in [2.45, 2.75) is 70.1 Å². The van der Waals surface area contributed by atoms with Crippen molar-refractivity contribution in [1.29, 1.82) is 0 Å². The van der Waals surface area contributed by atoms with Crippen LogP contribution in [0.25, 0.3) is 0 Å². The lowest BCUT2D eigenvalue weighted by Crippen LogP contribution is -2.04. The molecule has 1 aliphatic carbocycles. The van der Waals surface area contributed by atoms with Gasteiger partial charge in [-0.2, -0.15) is 0 Å². The highest BCUT2D eigenvalue weighted by atomic mass is 35.5. The van der Waals surface area contributed by atoms with Crippen molar-refractivity contribution in [3.05, 3.63) is 34.9 Å². The second-order valence-corrected chi connectivity index (χ2v) is 6.08. The first-order valence-corrected chi connectivity index (χ1v) is 8.00. The van der Waals surface area contributed by atoms with Gasteiger partial charge in [0.1, 0.15) is 0 Å². The summed E-state index contributed by atoms with van der Waals surface area (Å²) >= 11 is 6.53. The van der Waals surface area contributed by atoms with Gasteiger partial charge in [-0.05, 0) is 48.8 Å². The maximum Gasteiger partial charge on any atom is 0.0585 e. The molecule has 1 aromatic carbocycles. The van der Waals surface area contributed by atoms with E-state index in [1.54, 1.807) is 11.1 Å². The van der Waals surface area contributed by atoms with Gasteiger partial charge in [-0.3, -0.25) is 0 Å². The fourth-order valence-corrected chi connectivity index (χ4v) is 3.16. The Morgan fingerprint density at radius 1 is 1.06 bits per heavy atom. The Hall–Kier alpha value is -0.490. The third-order valence-corrected chi connectivity index (χ3v) is 4.52. The summed E-state index contributed by atoms with van der Waals surface area (Å²) in [6, 6.07) is 6.93. The Balaban J connectivity index is 1.91. The maximum atomic E-state index is 6.53. The summed E-state index contributed by atoms with van der Waals surface area (Å²) in [4.78, 5) is 0. The predicted octanol–water partition coefficient (Wildman–Crippen LogP) is 5.82. The van der Waals surface area contributed by atoms with E-state index in [1.807, 2.05) is 0 Å². The average molecular weight is 265 g/mol. The number of hydrogen-bond acceptors (Lipinski definition) is 0. The third-order valence-electron chi connectivity index (χ3n) is 4.05. The number of aryl methyl sites for hydroxylation is 2. The minimum atomic E-state index is 0.217. The molecule has 1 heteroatoms. The van der Waals surface area contributed by atoms with Crippen LogP contribution >= 0.6 is 11.6 Å². The molecule has 0 aromatic heterocycles. The topological polar surface area (TPSA) is 0 Å². The van der Waals surface area contributed by atoms with Crippen LogP contribution in [0.5, 0.6) is 0 Å². The highest BCUT2D eigenvalue weighted by Gasteiger charge is 2.13. The summed E-state index contributed by atoms with van der Waals surface area (Å²) in [5.74, 6) is 0. The number of unbranched alkanes of at least 4 members (excludes halogenated alkanes) is 3. The van der Waals surface area contributed by atoms with Gasteiger partial charge in [0, 0.05) is 0 Å². The van der Waals surface area contributed by atoms with Gasteiger partial charge in [0.15, 0.2) is 0 Å². The molecule has 2 rings (SSSR count). The Labute approximate surface area is 117 Å². The molecule has 0 radical (unpaired) electrons. The molecule has 0 amide bonds. The number of benzene rings is 1. The van der Waals surface area contributed by atoms with Gasteiger partial charge in [0.25, 0.3) is 0 Å². The van der Waals surface area contributed by atoms with E-state index in [1.165, 1.54) is 56.9 Å². The zero-order valence-corrected chi connectivity index (χ0v) is 12.3. The summed E-state index contributed by atoms with van der Waals surface area (Å²) in [5, 5.41) is 0.217. The summed E-state index contributed by atoms with van der Waals surface area (Å²) in [6.45, 7) is 2.25. The SMILES string of the molecule is CCCCCCC(Cl)c1ccc2c(c1)CCCC2. The molecule has 0 bridgehead atoms. The van der Waals surface area contributed by atoms with Crippen molar-refractivity contribution in [3.8, 4) is 0 Å². The lowest BCUT2D eigenvalue weighted by Gasteiger charge is -2.18. The van der Waals surface area contributed by atoms with Crippen molar-refractivity contribution in [3.63, 3.8) is 0 Å². The molecule has 100 valence electrons. The standard InChI is InChI=1S/C17H25Cl/c1-2-3-4-5-10-17(18)16-12-11-14-8-6-7-9-15(14)13-16/h11-13,17H,2-10H2,1H3. The Kier molecular flexibility index (Phi) is 5.56. The van der Waals surface area contributed by atoms with E-state index >= 15 is 0 Å². The van der Waals surface area contributed by atoms with E-state index < -0.39 is 0 Å². The molecule has 1 aromatic rings. The van der Waals surface area contributed by atoms with E-state index in [-0.39, 0.29) is 5.38 Å². The molecular formula is C17H25Cl. The fraction of sp³-hybridized carbons (Fsp3) is 0.647. The largest absolute Gasteiger partial charge is 0.118 e. The molecule has 1 unspecified atom stereocenters. The number of halogens is 1. The molecule has 0 saturated carbocycles. The first kappa shape index (κ1) is 13.9. The summed E-state index contributed by atoms with van der Waals surface area (Å²) in [6.07, 6.45) is 11.6. The molecule has 1 aliphatic rings. The van der Waals surface area contributed by atoms with Gasteiger partial charge in [-0.25, -0.2) is 0 Å². The quantitative estimate of drug-likeness (QED) is 0.449. The smallest absolute Gasteiger partial charge is 0.0585 e. The van der Waals surface area contributed by atoms with Crippen molar-refractivity contribution in [2.24, 2.45) is 0 Å². The number of rotatable bonds is 6. The van der Waals surface area contributed by atoms with Crippen molar-refractivity contribution >= 4 is 11.6 Å². The van der Waals surface area contributed by atoms with Crippen LogP contribution in [-0.2, 0) is 12.8 Å². The predicted molar refractivity (Wildman–Crippen MR) is 80.4 cm³/mol. The van der Waals surface area contributed by atoms with Crippen LogP contribution in [0.4, 0.5) is 0 Å².